The fourth-order valence-electron chi connectivity index (χ4n) is 3.13. The Bertz CT molecular complexity index is 784. The molecule has 0 aliphatic carbocycles. The lowest BCUT2D eigenvalue weighted by molar-refractivity contribution is 0.0756. The highest BCUT2D eigenvalue weighted by molar-refractivity contribution is 7.75. The topological polar surface area (TPSA) is 73.9 Å². The quantitative estimate of drug-likeness (QED) is 0.765. The molecule has 150 valence electrons. The Kier molecular flexibility index (Phi) is 7.19. The summed E-state index contributed by atoms with van der Waals surface area (Å²) >= 11 is -1.82. The summed E-state index contributed by atoms with van der Waals surface area (Å²) in [6.07, 6.45) is -0.960. The highest BCUT2D eigenvalue weighted by atomic mass is 32.2. The van der Waals surface area contributed by atoms with E-state index in [0.29, 0.717) is 6.42 Å². The van der Waals surface area contributed by atoms with Gasteiger partial charge in [-0.25, -0.2) is 4.79 Å². The van der Waals surface area contributed by atoms with Gasteiger partial charge in [-0.2, -0.15) is 4.21 Å². The maximum absolute atomic E-state index is 12.4. The Hall–Kier alpha value is -2.22. The lowest BCUT2D eigenvalue weighted by Gasteiger charge is -2.27. The predicted molar refractivity (Wildman–Crippen MR) is 106 cm³/mol. The molecule has 0 saturated carbocycles. The predicted octanol–water partition coefficient (Wildman–Crippen LogP) is 3.54. The number of amides is 1. The van der Waals surface area contributed by atoms with Crippen molar-refractivity contribution in [2.24, 2.45) is 5.92 Å². The van der Waals surface area contributed by atoms with Crippen molar-refractivity contribution in [3.63, 3.8) is 0 Å². The maximum Gasteiger partial charge on any atom is 0.407 e. The first-order valence-electron chi connectivity index (χ1n) is 9.30. The van der Waals surface area contributed by atoms with E-state index in [1.165, 1.54) is 0 Å². The molecule has 28 heavy (non-hydrogen) atoms. The van der Waals surface area contributed by atoms with E-state index in [1.807, 2.05) is 74.5 Å². The van der Waals surface area contributed by atoms with Crippen molar-refractivity contribution in [3.05, 3.63) is 71.8 Å². The second kappa shape index (κ2) is 9.82. The lowest BCUT2D eigenvalue weighted by Crippen LogP contribution is -2.50. The molecule has 0 radical (unpaired) electrons. The van der Waals surface area contributed by atoms with Crippen LogP contribution < -0.4 is 5.32 Å². The molecule has 3 rings (SSSR count). The van der Waals surface area contributed by atoms with Crippen LogP contribution in [0.25, 0.3) is 0 Å². The standard InChI is InChI=1S/C21H25NO5S/c1-15(2)19-20(27-28(24)26-19)18(13-16-9-5-3-6-10-16)22-21(23)25-14-17-11-7-4-8-12-17/h3-12,15,18-20H,13-14H2,1-2H3,(H,22,23)/t18-,19+,20+,28?/m0/s1. The summed E-state index contributed by atoms with van der Waals surface area (Å²) in [7, 11) is 0. The van der Waals surface area contributed by atoms with Gasteiger partial charge in [0.05, 0.1) is 6.04 Å². The van der Waals surface area contributed by atoms with Gasteiger partial charge in [0.2, 0.25) is 0 Å². The van der Waals surface area contributed by atoms with Crippen molar-refractivity contribution in [2.75, 3.05) is 0 Å². The van der Waals surface area contributed by atoms with Crippen molar-refractivity contribution >= 4 is 17.5 Å². The van der Waals surface area contributed by atoms with Crippen LogP contribution in [-0.2, 0) is 37.5 Å². The van der Waals surface area contributed by atoms with Crippen LogP contribution in [0, 0.1) is 5.92 Å². The van der Waals surface area contributed by atoms with Gasteiger partial charge in [-0.15, -0.1) is 0 Å². The third-order valence-electron chi connectivity index (χ3n) is 4.57. The van der Waals surface area contributed by atoms with Gasteiger partial charge in [0.15, 0.2) is 0 Å². The minimum Gasteiger partial charge on any atom is -0.445 e. The highest BCUT2D eigenvalue weighted by Crippen LogP contribution is 2.27. The summed E-state index contributed by atoms with van der Waals surface area (Å²) in [6.45, 7) is 4.11. The molecule has 1 aliphatic rings. The molecule has 0 aromatic heterocycles. The minimum absolute atomic E-state index is 0.0804. The molecule has 2 aromatic rings. The van der Waals surface area contributed by atoms with Crippen LogP contribution in [-0.4, -0.2) is 28.6 Å². The number of benzene rings is 2. The van der Waals surface area contributed by atoms with Crippen molar-refractivity contribution < 1.29 is 22.1 Å². The summed E-state index contributed by atoms with van der Waals surface area (Å²) < 4.78 is 28.1. The Balaban J connectivity index is 1.70. The van der Waals surface area contributed by atoms with Gasteiger partial charge in [-0.3, -0.25) is 8.37 Å². The number of carbonyl (C=O) groups is 1. The number of nitrogens with one attached hydrogen (secondary N) is 1. The summed E-state index contributed by atoms with van der Waals surface area (Å²) in [6, 6.07) is 18.8. The monoisotopic (exact) mass is 403 g/mol. The van der Waals surface area contributed by atoms with Crippen LogP contribution in [0.4, 0.5) is 4.79 Å². The Labute approximate surface area is 168 Å². The van der Waals surface area contributed by atoms with Crippen molar-refractivity contribution in [3.8, 4) is 0 Å². The molecular formula is C21H25NO5S. The smallest absolute Gasteiger partial charge is 0.407 e. The van der Waals surface area contributed by atoms with Gasteiger partial charge in [0.1, 0.15) is 18.8 Å². The second-order valence-corrected chi connectivity index (χ2v) is 7.87. The molecule has 2 aromatic carbocycles. The Morgan fingerprint density at radius 2 is 1.57 bits per heavy atom. The van der Waals surface area contributed by atoms with Crippen LogP contribution in [0.5, 0.6) is 0 Å². The Morgan fingerprint density at radius 3 is 2.18 bits per heavy atom. The molecular weight excluding hydrogens is 378 g/mol. The molecule has 0 spiro atoms. The van der Waals surface area contributed by atoms with Gasteiger partial charge in [-0.1, -0.05) is 74.5 Å². The fraction of sp³-hybridized carbons (Fsp3) is 0.381. The van der Waals surface area contributed by atoms with Crippen LogP contribution in [0.15, 0.2) is 60.7 Å². The average Bonchev–Trinajstić information content (AvgIpc) is 3.10. The number of ether oxygens (including phenoxy) is 1. The fourth-order valence-corrected chi connectivity index (χ4v) is 4.12. The lowest BCUT2D eigenvalue weighted by atomic mass is 9.92. The maximum atomic E-state index is 12.4. The minimum atomic E-state index is -1.82. The number of rotatable bonds is 7. The zero-order valence-electron chi connectivity index (χ0n) is 15.9. The van der Waals surface area contributed by atoms with Gasteiger partial charge >= 0.3 is 17.5 Å². The number of carbonyl (C=O) groups excluding carboxylic acids is 1. The molecule has 6 nitrogen and oxygen atoms in total. The summed E-state index contributed by atoms with van der Waals surface area (Å²) in [5.74, 6) is 0.0804. The molecule has 4 atom stereocenters. The SMILES string of the molecule is CC(C)[C@H]1OS(=O)O[C@@H]1[C@H](Cc1ccccc1)NC(=O)OCc1ccccc1. The first-order chi connectivity index (χ1) is 13.5. The third-order valence-corrected chi connectivity index (χ3v) is 5.33. The molecule has 1 aliphatic heterocycles. The van der Waals surface area contributed by atoms with E-state index in [0.717, 1.165) is 11.1 Å². The zero-order valence-corrected chi connectivity index (χ0v) is 16.8. The van der Waals surface area contributed by atoms with Crippen LogP contribution >= 0.6 is 0 Å². The molecule has 1 saturated heterocycles. The summed E-state index contributed by atoms with van der Waals surface area (Å²) in [5, 5.41) is 2.88. The number of hydrogen-bond acceptors (Lipinski definition) is 5. The van der Waals surface area contributed by atoms with Gasteiger partial charge in [-0.05, 0) is 23.5 Å². The van der Waals surface area contributed by atoms with E-state index in [9.17, 15) is 9.00 Å². The second-order valence-electron chi connectivity index (χ2n) is 7.07. The third kappa shape index (κ3) is 5.64. The van der Waals surface area contributed by atoms with E-state index < -0.39 is 29.6 Å². The summed E-state index contributed by atoms with van der Waals surface area (Å²) in [4.78, 5) is 12.4. The molecule has 1 unspecified atom stereocenters. The summed E-state index contributed by atoms with van der Waals surface area (Å²) in [5.41, 5.74) is 1.93. The average molecular weight is 404 g/mol. The number of alkyl carbamates (subject to hydrolysis) is 1. The largest absolute Gasteiger partial charge is 0.445 e. The van der Waals surface area contributed by atoms with E-state index in [2.05, 4.69) is 5.32 Å². The van der Waals surface area contributed by atoms with Crippen LogP contribution in [0.3, 0.4) is 0 Å². The number of hydrogen-bond donors (Lipinski definition) is 1. The highest BCUT2D eigenvalue weighted by Gasteiger charge is 2.43. The molecule has 1 heterocycles. The van der Waals surface area contributed by atoms with E-state index in [-0.39, 0.29) is 18.6 Å². The normalized spacial score (nSPS) is 22.8. The molecule has 1 fully saturated rings. The van der Waals surface area contributed by atoms with Crippen LogP contribution in [0.2, 0.25) is 0 Å². The van der Waals surface area contributed by atoms with E-state index in [1.54, 1.807) is 0 Å². The van der Waals surface area contributed by atoms with Crippen molar-refractivity contribution in [1.29, 1.82) is 0 Å². The molecule has 7 heteroatoms. The first-order valence-corrected chi connectivity index (χ1v) is 10.3. The zero-order chi connectivity index (χ0) is 19.9. The van der Waals surface area contributed by atoms with E-state index in [4.69, 9.17) is 13.1 Å². The van der Waals surface area contributed by atoms with Crippen molar-refractivity contribution in [2.45, 2.75) is 45.1 Å². The molecule has 1 amide bonds. The van der Waals surface area contributed by atoms with Gasteiger partial charge < -0.3 is 10.1 Å². The van der Waals surface area contributed by atoms with Gasteiger partial charge in [0.25, 0.3) is 0 Å². The van der Waals surface area contributed by atoms with Gasteiger partial charge in [0, 0.05) is 0 Å². The van der Waals surface area contributed by atoms with E-state index >= 15 is 0 Å². The van der Waals surface area contributed by atoms with Crippen molar-refractivity contribution in [1.82, 2.24) is 5.32 Å². The molecule has 1 N–H and O–H groups in total. The van der Waals surface area contributed by atoms with Crippen LogP contribution in [0.1, 0.15) is 25.0 Å². The first kappa shape index (κ1) is 20.5. The Morgan fingerprint density at radius 1 is 1.00 bits per heavy atom. The molecule has 0 bridgehead atoms.